The molecular formula is C14H15F3N4O. The Morgan fingerprint density at radius 2 is 1.91 bits per heavy atom. The van der Waals surface area contributed by atoms with Crippen LogP contribution in [0.15, 0.2) is 30.6 Å². The van der Waals surface area contributed by atoms with Crippen molar-refractivity contribution in [1.29, 1.82) is 0 Å². The Bertz CT molecular complexity index is 615. The maximum Gasteiger partial charge on any atom is 0.433 e. The molecule has 8 heteroatoms. The summed E-state index contributed by atoms with van der Waals surface area (Å²) in [5, 5.41) is 12.0. The smallest absolute Gasteiger partial charge is 0.394 e. The third kappa shape index (κ3) is 3.91. The van der Waals surface area contributed by atoms with Crippen LogP contribution < -0.4 is 5.32 Å². The molecular weight excluding hydrogens is 297 g/mol. The average Bonchev–Trinajstić information content (AvgIpc) is 2.52. The van der Waals surface area contributed by atoms with Gasteiger partial charge in [-0.05, 0) is 18.6 Å². The lowest BCUT2D eigenvalue weighted by Gasteiger charge is -2.16. The number of nitrogens with one attached hydrogen (secondary N) is 1. The van der Waals surface area contributed by atoms with E-state index in [0.29, 0.717) is 12.0 Å². The summed E-state index contributed by atoms with van der Waals surface area (Å²) < 4.78 is 39.0. The fourth-order valence-corrected chi connectivity index (χ4v) is 1.78. The number of hydrogen-bond donors (Lipinski definition) is 2. The lowest BCUT2D eigenvalue weighted by molar-refractivity contribution is -0.141. The van der Waals surface area contributed by atoms with E-state index >= 15 is 0 Å². The number of aliphatic hydroxyl groups is 1. The average molecular weight is 312 g/mol. The van der Waals surface area contributed by atoms with E-state index in [4.69, 9.17) is 5.11 Å². The number of aliphatic hydroxyl groups excluding tert-OH is 1. The van der Waals surface area contributed by atoms with Crippen LogP contribution >= 0.6 is 0 Å². The molecule has 0 amide bonds. The van der Waals surface area contributed by atoms with Gasteiger partial charge in [0, 0.05) is 24.0 Å². The van der Waals surface area contributed by atoms with Crippen molar-refractivity contribution in [3.05, 3.63) is 36.3 Å². The maximum atomic E-state index is 13.0. The maximum absolute atomic E-state index is 13.0. The highest BCUT2D eigenvalue weighted by molar-refractivity contribution is 5.57. The van der Waals surface area contributed by atoms with Crippen molar-refractivity contribution in [2.45, 2.75) is 25.6 Å². The minimum atomic E-state index is -4.58. The number of alkyl halides is 3. The molecule has 2 aromatic rings. The largest absolute Gasteiger partial charge is 0.433 e. The molecule has 2 heterocycles. The minimum Gasteiger partial charge on any atom is -0.394 e. The molecule has 0 saturated heterocycles. The zero-order chi connectivity index (χ0) is 16.2. The quantitative estimate of drug-likeness (QED) is 0.888. The Morgan fingerprint density at radius 1 is 1.23 bits per heavy atom. The molecule has 118 valence electrons. The van der Waals surface area contributed by atoms with E-state index in [0.717, 1.165) is 6.07 Å². The Labute approximate surface area is 125 Å². The minimum absolute atomic E-state index is 0.0232. The van der Waals surface area contributed by atoms with Crippen LogP contribution in [0.3, 0.4) is 0 Å². The molecule has 22 heavy (non-hydrogen) atoms. The predicted molar refractivity (Wildman–Crippen MR) is 75.1 cm³/mol. The lowest BCUT2D eigenvalue weighted by Crippen LogP contribution is -2.24. The van der Waals surface area contributed by atoms with E-state index in [1.54, 1.807) is 0 Å². The van der Waals surface area contributed by atoms with Gasteiger partial charge < -0.3 is 10.4 Å². The third-order valence-corrected chi connectivity index (χ3v) is 3.02. The predicted octanol–water partition coefficient (Wildman–Crippen LogP) is 2.74. The van der Waals surface area contributed by atoms with Crippen LogP contribution in [0.1, 0.15) is 19.0 Å². The highest BCUT2D eigenvalue weighted by Crippen LogP contribution is 2.30. The zero-order valence-electron chi connectivity index (χ0n) is 11.8. The second-order valence-electron chi connectivity index (χ2n) is 4.63. The van der Waals surface area contributed by atoms with Crippen molar-refractivity contribution in [3.8, 4) is 11.4 Å². The van der Waals surface area contributed by atoms with Crippen LogP contribution in [-0.4, -0.2) is 32.7 Å². The Hall–Kier alpha value is -2.22. The Morgan fingerprint density at radius 3 is 2.45 bits per heavy atom. The Kier molecular flexibility index (Phi) is 4.92. The van der Waals surface area contributed by atoms with E-state index < -0.39 is 11.9 Å². The first-order chi connectivity index (χ1) is 10.4. The van der Waals surface area contributed by atoms with Crippen LogP contribution in [0.5, 0.6) is 0 Å². The van der Waals surface area contributed by atoms with E-state index in [2.05, 4.69) is 20.3 Å². The summed E-state index contributed by atoms with van der Waals surface area (Å²) in [4.78, 5) is 11.5. The molecule has 0 radical (unpaired) electrons. The van der Waals surface area contributed by atoms with Crippen molar-refractivity contribution < 1.29 is 18.3 Å². The monoisotopic (exact) mass is 312 g/mol. The van der Waals surface area contributed by atoms with Crippen LogP contribution in [-0.2, 0) is 6.18 Å². The van der Waals surface area contributed by atoms with Crippen molar-refractivity contribution in [2.24, 2.45) is 0 Å². The van der Waals surface area contributed by atoms with Crippen LogP contribution in [0.4, 0.5) is 19.0 Å². The SMILES string of the molecule is CC[C@@H](CO)Nc1cc(C(F)(F)F)nc(-c2ccncc2)n1. The van der Waals surface area contributed by atoms with Crippen molar-refractivity contribution in [2.75, 3.05) is 11.9 Å². The fraction of sp³-hybridized carbons (Fsp3) is 0.357. The molecule has 0 unspecified atom stereocenters. The van der Waals surface area contributed by atoms with Gasteiger partial charge >= 0.3 is 6.18 Å². The molecule has 0 aromatic carbocycles. The summed E-state index contributed by atoms with van der Waals surface area (Å²) in [7, 11) is 0. The van der Waals surface area contributed by atoms with E-state index in [9.17, 15) is 13.2 Å². The summed E-state index contributed by atoms with van der Waals surface area (Å²) in [5.41, 5.74) is -0.606. The Balaban J connectivity index is 2.46. The van der Waals surface area contributed by atoms with Gasteiger partial charge in [0.25, 0.3) is 0 Å². The van der Waals surface area contributed by atoms with Crippen molar-refractivity contribution in [1.82, 2.24) is 15.0 Å². The van der Waals surface area contributed by atoms with Gasteiger partial charge in [0.1, 0.15) is 5.82 Å². The number of hydrogen-bond acceptors (Lipinski definition) is 5. The van der Waals surface area contributed by atoms with Crippen molar-refractivity contribution in [3.63, 3.8) is 0 Å². The molecule has 2 aromatic heterocycles. The number of nitrogens with zero attached hydrogens (tertiary/aromatic N) is 3. The van der Waals surface area contributed by atoms with Gasteiger partial charge in [0.2, 0.25) is 0 Å². The molecule has 0 aliphatic heterocycles. The van der Waals surface area contributed by atoms with Gasteiger partial charge in [0.05, 0.1) is 12.6 Å². The molecule has 2 rings (SSSR count). The second kappa shape index (κ2) is 6.69. The van der Waals surface area contributed by atoms with Gasteiger partial charge in [-0.15, -0.1) is 0 Å². The summed E-state index contributed by atoms with van der Waals surface area (Å²) in [6, 6.07) is 3.52. The first-order valence-corrected chi connectivity index (χ1v) is 6.68. The summed E-state index contributed by atoms with van der Waals surface area (Å²) in [5.74, 6) is -0.0254. The number of pyridine rings is 1. The normalized spacial score (nSPS) is 13.0. The molecule has 0 spiro atoms. The number of halogens is 3. The molecule has 0 aliphatic rings. The van der Waals surface area contributed by atoms with Crippen LogP contribution in [0.2, 0.25) is 0 Å². The molecule has 0 fully saturated rings. The van der Waals surface area contributed by atoms with Gasteiger partial charge in [-0.1, -0.05) is 6.92 Å². The molecule has 5 nitrogen and oxygen atoms in total. The number of rotatable bonds is 5. The van der Waals surface area contributed by atoms with Gasteiger partial charge in [0.15, 0.2) is 11.5 Å². The van der Waals surface area contributed by atoms with E-state index in [1.807, 2.05) is 6.92 Å². The molecule has 0 aliphatic carbocycles. The first-order valence-electron chi connectivity index (χ1n) is 6.68. The fourth-order valence-electron chi connectivity index (χ4n) is 1.78. The van der Waals surface area contributed by atoms with E-state index in [1.165, 1.54) is 24.5 Å². The van der Waals surface area contributed by atoms with Gasteiger partial charge in [-0.2, -0.15) is 13.2 Å². The summed E-state index contributed by atoms with van der Waals surface area (Å²) in [6.45, 7) is 1.61. The molecule has 1 atom stereocenters. The third-order valence-electron chi connectivity index (χ3n) is 3.02. The standard InChI is InChI=1S/C14H15F3N4O/c1-2-10(8-22)19-12-7-11(14(15,16)17)20-13(21-12)9-3-5-18-6-4-9/h3-7,10,22H,2,8H2,1H3,(H,19,20,21)/t10-/m0/s1. The zero-order valence-corrected chi connectivity index (χ0v) is 11.8. The topological polar surface area (TPSA) is 70.9 Å². The number of anilines is 1. The molecule has 2 N–H and O–H groups in total. The summed E-state index contributed by atoms with van der Waals surface area (Å²) in [6.07, 6.45) is -1.13. The van der Waals surface area contributed by atoms with E-state index in [-0.39, 0.29) is 24.3 Å². The first kappa shape index (κ1) is 16.2. The van der Waals surface area contributed by atoms with Crippen LogP contribution in [0, 0.1) is 0 Å². The van der Waals surface area contributed by atoms with Crippen LogP contribution in [0.25, 0.3) is 11.4 Å². The lowest BCUT2D eigenvalue weighted by atomic mass is 10.2. The molecule has 0 saturated carbocycles. The highest BCUT2D eigenvalue weighted by atomic mass is 19.4. The highest BCUT2D eigenvalue weighted by Gasteiger charge is 2.34. The van der Waals surface area contributed by atoms with Gasteiger partial charge in [-0.25, -0.2) is 9.97 Å². The van der Waals surface area contributed by atoms with Gasteiger partial charge in [-0.3, -0.25) is 4.98 Å². The number of aromatic nitrogens is 3. The molecule has 0 bridgehead atoms. The summed E-state index contributed by atoms with van der Waals surface area (Å²) >= 11 is 0. The second-order valence-corrected chi connectivity index (χ2v) is 4.63. The van der Waals surface area contributed by atoms with Crippen molar-refractivity contribution >= 4 is 5.82 Å².